The van der Waals surface area contributed by atoms with Crippen molar-refractivity contribution in [1.82, 2.24) is 4.98 Å². The van der Waals surface area contributed by atoms with Gasteiger partial charge in [-0.1, -0.05) is 24.9 Å². The molecule has 5 heteroatoms. The maximum absolute atomic E-state index is 6.19. The van der Waals surface area contributed by atoms with Crippen molar-refractivity contribution in [2.75, 3.05) is 12.5 Å². The minimum atomic E-state index is 0.561. The molecule has 19 heavy (non-hydrogen) atoms. The van der Waals surface area contributed by atoms with Gasteiger partial charge < -0.3 is 10.2 Å². The average Bonchev–Trinajstić information content (AvgIpc) is 2.39. The third-order valence-electron chi connectivity index (χ3n) is 3.16. The van der Waals surface area contributed by atoms with Crippen LogP contribution in [0.25, 0.3) is 10.9 Å². The van der Waals surface area contributed by atoms with E-state index in [4.69, 9.17) is 22.2 Å². The second-order valence-electron chi connectivity index (χ2n) is 4.50. The summed E-state index contributed by atoms with van der Waals surface area (Å²) in [6.45, 7) is 4.14. The molecule has 0 unspecified atom stereocenters. The highest BCUT2D eigenvalue weighted by atomic mass is 35.5. The molecule has 0 aliphatic carbocycles. The lowest BCUT2D eigenvalue weighted by Crippen LogP contribution is -2.11. The van der Waals surface area contributed by atoms with E-state index in [1.54, 1.807) is 7.11 Å². The van der Waals surface area contributed by atoms with Gasteiger partial charge in [0.1, 0.15) is 11.3 Å². The van der Waals surface area contributed by atoms with Crippen molar-refractivity contribution in [2.24, 2.45) is 5.84 Å². The molecule has 0 saturated heterocycles. The molecule has 0 radical (unpaired) electrons. The van der Waals surface area contributed by atoms with Crippen molar-refractivity contribution in [1.29, 1.82) is 0 Å². The number of pyridine rings is 1. The smallest absolute Gasteiger partial charge is 0.163 e. The summed E-state index contributed by atoms with van der Waals surface area (Å²) in [6, 6.07) is 4.00. The Morgan fingerprint density at radius 2 is 2.16 bits per heavy atom. The third-order valence-corrected chi connectivity index (χ3v) is 3.44. The summed E-state index contributed by atoms with van der Waals surface area (Å²) in [4.78, 5) is 4.56. The summed E-state index contributed by atoms with van der Waals surface area (Å²) in [5.41, 5.74) is 5.57. The van der Waals surface area contributed by atoms with Crippen molar-refractivity contribution in [3.63, 3.8) is 0 Å². The van der Waals surface area contributed by atoms with E-state index in [1.807, 2.05) is 13.0 Å². The van der Waals surface area contributed by atoms with Gasteiger partial charge in [0.2, 0.25) is 0 Å². The van der Waals surface area contributed by atoms with Crippen LogP contribution in [0.3, 0.4) is 0 Å². The Kier molecular flexibility index (Phi) is 4.12. The molecule has 0 aliphatic heterocycles. The lowest BCUT2D eigenvalue weighted by atomic mass is 10.0. The van der Waals surface area contributed by atoms with Gasteiger partial charge in [-0.15, -0.1) is 0 Å². The summed E-state index contributed by atoms with van der Waals surface area (Å²) in [5, 5.41) is 1.61. The first kappa shape index (κ1) is 13.9. The minimum Gasteiger partial charge on any atom is -0.493 e. The molecular formula is C14H18ClN3O. The average molecular weight is 280 g/mol. The highest BCUT2D eigenvalue weighted by Gasteiger charge is 2.14. The predicted molar refractivity (Wildman–Crippen MR) is 79.8 cm³/mol. The van der Waals surface area contributed by atoms with E-state index >= 15 is 0 Å². The summed E-state index contributed by atoms with van der Waals surface area (Å²) in [5.74, 6) is 6.81. The van der Waals surface area contributed by atoms with Crippen LogP contribution in [0.5, 0.6) is 5.75 Å². The summed E-state index contributed by atoms with van der Waals surface area (Å²) in [6.07, 6.45) is 1.96. The van der Waals surface area contributed by atoms with Crippen molar-refractivity contribution >= 4 is 28.3 Å². The molecule has 1 aromatic heterocycles. The Labute approximate surface area is 117 Å². The number of nitrogens with one attached hydrogen (secondary N) is 1. The first-order valence-electron chi connectivity index (χ1n) is 6.25. The number of fused-ring (bicyclic) bond motifs is 1. The molecule has 2 aromatic rings. The fourth-order valence-corrected chi connectivity index (χ4v) is 2.58. The number of nitrogens with zero attached hydrogens (tertiary/aromatic N) is 1. The molecule has 0 saturated carbocycles. The van der Waals surface area contributed by atoms with Crippen LogP contribution >= 0.6 is 11.6 Å². The molecule has 2 rings (SSSR count). The number of rotatable bonds is 4. The molecule has 1 aromatic carbocycles. The van der Waals surface area contributed by atoms with Crippen LogP contribution in [0.15, 0.2) is 12.1 Å². The van der Waals surface area contributed by atoms with E-state index < -0.39 is 0 Å². The van der Waals surface area contributed by atoms with E-state index in [1.165, 1.54) is 0 Å². The van der Waals surface area contributed by atoms with Crippen LogP contribution in [0, 0.1) is 6.92 Å². The maximum Gasteiger partial charge on any atom is 0.163 e. The van der Waals surface area contributed by atoms with Gasteiger partial charge in [0.25, 0.3) is 0 Å². The zero-order valence-corrected chi connectivity index (χ0v) is 12.1. The van der Waals surface area contributed by atoms with Gasteiger partial charge in [-0.2, -0.15) is 0 Å². The van der Waals surface area contributed by atoms with Crippen LogP contribution in [0.4, 0.5) is 5.82 Å². The Bertz CT molecular complexity index is 613. The highest BCUT2D eigenvalue weighted by Crippen LogP contribution is 2.36. The van der Waals surface area contributed by atoms with Gasteiger partial charge in [0.05, 0.1) is 12.1 Å². The largest absolute Gasteiger partial charge is 0.493 e. The number of aryl methyl sites for hydroxylation is 2. The van der Waals surface area contributed by atoms with Crippen LogP contribution in [0.2, 0.25) is 5.02 Å². The zero-order chi connectivity index (χ0) is 14.0. The Hall–Kier alpha value is -1.52. The first-order chi connectivity index (χ1) is 9.12. The number of ether oxygens (including phenoxy) is 1. The van der Waals surface area contributed by atoms with E-state index in [9.17, 15) is 0 Å². The third kappa shape index (κ3) is 2.46. The van der Waals surface area contributed by atoms with E-state index in [0.717, 1.165) is 34.9 Å². The summed E-state index contributed by atoms with van der Waals surface area (Å²) < 4.78 is 5.35. The molecule has 102 valence electrons. The van der Waals surface area contributed by atoms with Gasteiger partial charge in [-0.3, -0.25) is 0 Å². The topological polar surface area (TPSA) is 60.2 Å². The second kappa shape index (κ2) is 5.63. The quantitative estimate of drug-likeness (QED) is 0.665. The van der Waals surface area contributed by atoms with Gasteiger partial charge >= 0.3 is 0 Å². The SMILES string of the molecule is CCCc1cc2c(C)cc(Cl)c(OC)c2nc1NN. The van der Waals surface area contributed by atoms with E-state index in [0.29, 0.717) is 16.6 Å². The number of halogens is 1. The van der Waals surface area contributed by atoms with Crippen LogP contribution in [-0.2, 0) is 6.42 Å². The summed E-state index contributed by atoms with van der Waals surface area (Å²) >= 11 is 6.19. The number of hydrogen-bond donors (Lipinski definition) is 2. The van der Waals surface area contributed by atoms with Crippen LogP contribution < -0.4 is 16.0 Å². The number of anilines is 1. The zero-order valence-electron chi connectivity index (χ0n) is 11.4. The maximum atomic E-state index is 6.19. The standard InChI is InChI=1S/C14H18ClN3O/c1-4-5-9-7-10-8(2)6-11(15)13(19-3)12(10)17-14(9)18-16/h6-7H,4-5,16H2,1-3H3,(H,17,18). The van der Waals surface area contributed by atoms with Gasteiger partial charge in [0.15, 0.2) is 5.75 Å². The molecule has 3 N–H and O–H groups in total. The molecule has 0 atom stereocenters. The Morgan fingerprint density at radius 3 is 2.74 bits per heavy atom. The van der Waals surface area contributed by atoms with Crippen molar-refractivity contribution < 1.29 is 4.74 Å². The molecule has 0 spiro atoms. The monoisotopic (exact) mass is 279 g/mol. The van der Waals surface area contributed by atoms with E-state index in [2.05, 4.69) is 23.4 Å². The molecular weight excluding hydrogens is 262 g/mol. The summed E-state index contributed by atoms with van der Waals surface area (Å²) in [7, 11) is 1.59. The molecule has 0 amide bonds. The van der Waals surface area contributed by atoms with Crippen LogP contribution in [-0.4, -0.2) is 12.1 Å². The number of hydrazine groups is 1. The van der Waals surface area contributed by atoms with Crippen molar-refractivity contribution in [2.45, 2.75) is 26.7 Å². The van der Waals surface area contributed by atoms with Gasteiger partial charge in [0, 0.05) is 5.39 Å². The number of benzene rings is 1. The van der Waals surface area contributed by atoms with Crippen molar-refractivity contribution in [3.8, 4) is 5.75 Å². The molecule has 0 bridgehead atoms. The Morgan fingerprint density at radius 1 is 1.42 bits per heavy atom. The number of methoxy groups -OCH3 is 1. The Balaban J connectivity index is 2.79. The second-order valence-corrected chi connectivity index (χ2v) is 4.90. The highest BCUT2D eigenvalue weighted by molar-refractivity contribution is 6.33. The lowest BCUT2D eigenvalue weighted by Gasteiger charge is -2.14. The molecule has 0 aliphatic rings. The molecule has 4 nitrogen and oxygen atoms in total. The number of hydrogen-bond acceptors (Lipinski definition) is 4. The normalized spacial score (nSPS) is 10.8. The predicted octanol–water partition coefficient (Wildman–Crippen LogP) is 3.44. The lowest BCUT2D eigenvalue weighted by molar-refractivity contribution is 0.419. The minimum absolute atomic E-state index is 0.561. The number of nitrogens with two attached hydrogens (primary N) is 1. The fraction of sp³-hybridized carbons (Fsp3) is 0.357. The van der Waals surface area contributed by atoms with Gasteiger partial charge in [-0.25, -0.2) is 10.8 Å². The molecule has 0 fully saturated rings. The van der Waals surface area contributed by atoms with Gasteiger partial charge in [-0.05, 0) is 36.6 Å². The number of aromatic nitrogens is 1. The van der Waals surface area contributed by atoms with E-state index in [-0.39, 0.29) is 0 Å². The fourth-order valence-electron chi connectivity index (χ4n) is 2.25. The molecule has 1 heterocycles. The first-order valence-corrected chi connectivity index (χ1v) is 6.63. The van der Waals surface area contributed by atoms with Crippen molar-refractivity contribution in [3.05, 3.63) is 28.3 Å². The van der Waals surface area contributed by atoms with Crippen LogP contribution in [0.1, 0.15) is 24.5 Å². The number of nitrogen functional groups attached to an aromatic ring is 1.